The Labute approximate surface area is 352 Å². The fraction of sp³-hybridized carbons (Fsp3) is 0.529. The van der Waals surface area contributed by atoms with Gasteiger partial charge in [-0.2, -0.15) is 0 Å². The third kappa shape index (κ3) is 8.35. The van der Waals surface area contributed by atoms with Gasteiger partial charge in [0.2, 0.25) is 0 Å². The van der Waals surface area contributed by atoms with Crippen LogP contribution in [0.3, 0.4) is 0 Å². The van der Waals surface area contributed by atoms with Gasteiger partial charge in [-0.3, -0.25) is 0 Å². The van der Waals surface area contributed by atoms with E-state index >= 15 is 0 Å². The van der Waals surface area contributed by atoms with Crippen LogP contribution in [0.2, 0.25) is 0 Å². The number of phenols is 4. The Morgan fingerprint density at radius 2 is 0.661 bits per heavy atom. The third-order valence-corrected chi connectivity index (χ3v) is 14.7. The van der Waals surface area contributed by atoms with Crippen LogP contribution in [-0.4, -0.2) is 48.9 Å². The average Bonchev–Trinajstić information content (AvgIpc) is 3.21. The summed E-state index contributed by atoms with van der Waals surface area (Å²) in [4.78, 5) is 0. The van der Waals surface area contributed by atoms with Crippen LogP contribution in [0, 0.1) is 44.9 Å². The lowest BCUT2D eigenvalue weighted by atomic mass is 9.53. The zero-order valence-corrected chi connectivity index (χ0v) is 37.2. The van der Waals surface area contributed by atoms with Crippen LogP contribution in [0.15, 0.2) is 48.5 Å². The molecule has 6 rings (SSSR count). The average molecular weight is 809 g/mol. The first-order valence-electron chi connectivity index (χ1n) is 21.3. The van der Waals surface area contributed by atoms with Gasteiger partial charge >= 0.3 is 0 Å². The molecule has 4 aromatic rings. The Balaban J connectivity index is 1.35. The van der Waals surface area contributed by atoms with Gasteiger partial charge in [0.25, 0.3) is 0 Å². The molecule has 0 atom stereocenters. The largest absolute Gasteiger partial charge is 0.507 e. The highest BCUT2D eigenvalue weighted by atomic mass is 16.5. The Morgan fingerprint density at radius 1 is 0.441 bits per heavy atom. The Hall–Kier alpha value is -4.08. The fourth-order valence-corrected chi connectivity index (χ4v) is 11.1. The van der Waals surface area contributed by atoms with Crippen LogP contribution in [0.5, 0.6) is 23.0 Å². The molecular weight excluding hydrogens is 741 g/mol. The monoisotopic (exact) mass is 808 g/mol. The first-order chi connectivity index (χ1) is 28.1. The molecule has 0 amide bonds. The minimum absolute atomic E-state index is 0.0641. The Bertz CT molecular complexity index is 1840. The second kappa shape index (κ2) is 17.9. The van der Waals surface area contributed by atoms with Gasteiger partial charge in [-0.1, -0.05) is 38.1 Å². The highest BCUT2D eigenvalue weighted by Gasteiger charge is 2.49. The topological polar surface area (TPSA) is 118 Å². The van der Waals surface area contributed by atoms with Crippen LogP contribution in [-0.2, 0) is 56.2 Å². The van der Waals surface area contributed by atoms with Gasteiger partial charge in [-0.15, -0.1) is 0 Å². The predicted molar refractivity (Wildman–Crippen MR) is 233 cm³/mol. The van der Waals surface area contributed by atoms with Gasteiger partial charge in [0.05, 0.1) is 26.4 Å². The van der Waals surface area contributed by atoms with E-state index in [4.69, 9.17) is 18.9 Å². The zero-order chi connectivity index (χ0) is 42.9. The molecule has 0 aromatic heterocycles. The van der Waals surface area contributed by atoms with E-state index < -0.39 is 0 Å². The number of hydrogen-bond donors (Lipinski definition) is 4. The second-order valence-corrected chi connectivity index (χ2v) is 18.5. The first-order valence-corrected chi connectivity index (χ1v) is 21.3. The summed E-state index contributed by atoms with van der Waals surface area (Å²) >= 11 is 0. The zero-order valence-electron chi connectivity index (χ0n) is 37.2. The van der Waals surface area contributed by atoms with Gasteiger partial charge in [0.15, 0.2) is 0 Å². The van der Waals surface area contributed by atoms with Crippen molar-refractivity contribution in [1.29, 1.82) is 0 Å². The van der Waals surface area contributed by atoms with Crippen molar-refractivity contribution in [3.05, 3.63) is 115 Å². The summed E-state index contributed by atoms with van der Waals surface area (Å²) in [5, 5.41) is 44.2. The van der Waals surface area contributed by atoms with Crippen LogP contribution >= 0.6 is 0 Å². The van der Waals surface area contributed by atoms with E-state index in [0.717, 1.165) is 95.9 Å². The molecule has 2 saturated carbocycles. The molecule has 0 bridgehead atoms. The van der Waals surface area contributed by atoms with E-state index in [0.29, 0.717) is 38.3 Å². The number of methoxy groups -OCH3 is 4. The normalized spacial score (nSPS) is 17.4. The summed E-state index contributed by atoms with van der Waals surface area (Å²) in [6.45, 7) is 14.2. The van der Waals surface area contributed by atoms with E-state index in [-0.39, 0.29) is 39.2 Å². The number of aromatic hydroxyl groups is 4. The molecule has 0 heterocycles. The molecule has 2 fully saturated rings. The van der Waals surface area contributed by atoms with Crippen molar-refractivity contribution in [2.45, 2.75) is 130 Å². The summed E-state index contributed by atoms with van der Waals surface area (Å²) < 4.78 is 22.2. The van der Waals surface area contributed by atoms with Crippen LogP contribution in [0.1, 0.15) is 132 Å². The van der Waals surface area contributed by atoms with E-state index in [9.17, 15) is 20.4 Å². The molecule has 8 heteroatoms. The SMILES string of the molecule is COCc1cc(C2(c3cc(C)c(O)c(COC)c3)CCC(C(C)(C)C3CCC(c4cc(C)c(O)c(COC)c4)(c4cc(C)c(O)c(COC)c4)CC3)CC2)cc(C)c1O. The fourth-order valence-electron chi connectivity index (χ4n) is 11.1. The standard InChI is InChI=1S/C51H68O8/c1-31-19-41(23-35(27-56-7)45(31)52)50(42-20-32(2)46(53)36(24-42)28-57-8)15-11-39(12-16-50)49(5,6)40-13-17-51(18-14-40,43-21-33(3)47(54)37(25-43)29-58-9)44-22-34(4)48(55)38(26-44)30-59-10/h19-26,39-40,52-55H,11-18,27-30H2,1-10H3. The molecule has 320 valence electrons. The molecule has 2 aliphatic rings. The van der Waals surface area contributed by atoms with Crippen molar-refractivity contribution in [1.82, 2.24) is 0 Å². The molecule has 0 saturated heterocycles. The van der Waals surface area contributed by atoms with Crippen LogP contribution < -0.4 is 0 Å². The number of rotatable bonds is 14. The minimum Gasteiger partial charge on any atom is -0.507 e. The molecule has 4 N–H and O–H groups in total. The van der Waals surface area contributed by atoms with Crippen molar-refractivity contribution in [2.75, 3.05) is 28.4 Å². The van der Waals surface area contributed by atoms with Crippen LogP contribution in [0.4, 0.5) is 0 Å². The predicted octanol–water partition coefficient (Wildman–Crippen LogP) is 11.0. The first kappa shape index (κ1) is 44.5. The maximum atomic E-state index is 11.0. The molecule has 0 radical (unpaired) electrons. The molecule has 0 aliphatic heterocycles. The van der Waals surface area contributed by atoms with Crippen molar-refractivity contribution in [2.24, 2.45) is 17.3 Å². The van der Waals surface area contributed by atoms with E-state index in [2.05, 4.69) is 62.4 Å². The highest BCUT2D eigenvalue weighted by Crippen LogP contribution is 2.58. The molecule has 0 unspecified atom stereocenters. The molecule has 2 aliphatic carbocycles. The molecular formula is C51H68O8. The van der Waals surface area contributed by atoms with E-state index in [1.807, 2.05) is 27.7 Å². The van der Waals surface area contributed by atoms with Crippen molar-refractivity contribution in [3.63, 3.8) is 0 Å². The summed E-state index contributed by atoms with van der Waals surface area (Å²) in [5.41, 5.74) is 10.7. The van der Waals surface area contributed by atoms with Crippen molar-refractivity contribution < 1.29 is 39.4 Å². The smallest absolute Gasteiger partial charge is 0.124 e. The van der Waals surface area contributed by atoms with Crippen molar-refractivity contribution in [3.8, 4) is 23.0 Å². The second-order valence-electron chi connectivity index (χ2n) is 18.5. The molecule has 8 nitrogen and oxygen atoms in total. The molecule has 4 aromatic carbocycles. The van der Waals surface area contributed by atoms with Gasteiger partial charge in [-0.05, 0) is 165 Å². The number of benzene rings is 4. The Kier molecular flexibility index (Phi) is 13.5. The molecule has 0 spiro atoms. The summed E-state index contributed by atoms with van der Waals surface area (Å²) in [6.07, 6.45) is 7.94. The van der Waals surface area contributed by atoms with Crippen LogP contribution in [0.25, 0.3) is 0 Å². The lowest BCUT2D eigenvalue weighted by molar-refractivity contribution is 0.0363. The lowest BCUT2D eigenvalue weighted by Gasteiger charge is -2.52. The van der Waals surface area contributed by atoms with Gasteiger partial charge in [0.1, 0.15) is 23.0 Å². The Morgan fingerprint density at radius 3 is 0.864 bits per heavy atom. The van der Waals surface area contributed by atoms with Gasteiger partial charge in [0, 0.05) is 61.5 Å². The minimum atomic E-state index is -0.316. The number of aryl methyl sites for hydroxylation is 4. The molecule has 59 heavy (non-hydrogen) atoms. The lowest BCUT2D eigenvalue weighted by Crippen LogP contribution is -2.43. The number of ether oxygens (including phenoxy) is 4. The maximum absolute atomic E-state index is 11.0. The quantitative estimate of drug-likeness (QED) is 0.0995. The van der Waals surface area contributed by atoms with E-state index in [1.165, 1.54) is 22.3 Å². The van der Waals surface area contributed by atoms with E-state index in [1.54, 1.807) is 28.4 Å². The third-order valence-electron chi connectivity index (χ3n) is 14.7. The summed E-state index contributed by atoms with van der Waals surface area (Å²) in [6, 6.07) is 17.2. The van der Waals surface area contributed by atoms with Crippen molar-refractivity contribution >= 4 is 0 Å². The highest BCUT2D eigenvalue weighted by molar-refractivity contribution is 5.55. The van der Waals surface area contributed by atoms with Gasteiger partial charge in [-0.25, -0.2) is 0 Å². The summed E-state index contributed by atoms with van der Waals surface area (Å²) in [7, 11) is 6.65. The number of phenolic OH excluding ortho intramolecular Hbond substituents is 4. The maximum Gasteiger partial charge on any atom is 0.124 e. The number of hydrogen-bond acceptors (Lipinski definition) is 8. The summed E-state index contributed by atoms with van der Waals surface area (Å²) in [5.74, 6) is 2.12. The van der Waals surface area contributed by atoms with Gasteiger partial charge < -0.3 is 39.4 Å².